The molecule has 2 amide bonds. The van der Waals surface area contributed by atoms with Crippen molar-refractivity contribution in [3.63, 3.8) is 0 Å². The monoisotopic (exact) mass is 284 g/mol. The van der Waals surface area contributed by atoms with E-state index in [-0.39, 0.29) is 24.3 Å². The highest BCUT2D eigenvalue weighted by molar-refractivity contribution is 5.88. The minimum atomic E-state index is -0.543. The molecule has 5 heteroatoms. The van der Waals surface area contributed by atoms with Crippen LogP contribution in [0.4, 0.5) is 0 Å². The summed E-state index contributed by atoms with van der Waals surface area (Å²) in [6.45, 7) is 3.91. The molecular weight excluding hydrogens is 256 g/mol. The van der Waals surface area contributed by atoms with Crippen LogP contribution < -0.4 is 10.6 Å². The Morgan fingerprint density at radius 2 is 1.90 bits per heavy atom. The average Bonchev–Trinajstić information content (AvgIpc) is 2.45. The fraction of sp³-hybridized carbons (Fsp3) is 0.867. The van der Waals surface area contributed by atoms with E-state index in [2.05, 4.69) is 10.6 Å². The van der Waals surface area contributed by atoms with Gasteiger partial charge in [0.1, 0.15) is 6.04 Å². The number of rotatable bonds is 7. The van der Waals surface area contributed by atoms with Crippen molar-refractivity contribution in [2.75, 3.05) is 6.54 Å². The van der Waals surface area contributed by atoms with Crippen molar-refractivity contribution >= 4 is 11.8 Å². The zero-order valence-electron chi connectivity index (χ0n) is 12.7. The van der Waals surface area contributed by atoms with Crippen molar-refractivity contribution in [1.82, 2.24) is 10.6 Å². The maximum atomic E-state index is 12.0. The molecule has 0 spiro atoms. The first kappa shape index (κ1) is 17.0. The molecule has 0 aromatic heterocycles. The molecule has 1 aliphatic carbocycles. The molecule has 3 N–H and O–H groups in total. The fourth-order valence-electron chi connectivity index (χ4n) is 2.57. The van der Waals surface area contributed by atoms with Gasteiger partial charge in [-0.3, -0.25) is 9.59 Å². The minimum absolute atomic E-state index is 0.0125. The van der Waals surface area contributed by atoms with Crippen LogP contribution in [0.3, 0.4) is 0 Å². The summed E-state index contributed by atoms with van der Waals surface area (Å²) in [6, 6.07) is -0.543. The Morgan fingerprint density at radius 3 is 2.50 bits per heavy atom. The Bertz CT molecular complexity index is 314. The van der Waals surface area contributed by atoms with Crippen molar-refractivity contribution in [2.45, 2.75) is 70.9 Å². The summed E-state index contributed by atoms with van der Waals surface area (Å²) in [5, 5.41) is 15.0. The van der Waals surface area contributed by atoms with Gasteiger partial charge in [0.15, 0.2) is 0 Å². The quantitative estimate of drug-likeness (QED) is 0.660. The molecule has 5 nitrogen and oxygen atoms in total. The van der Waals surface area contributed by atoms with Gasteiger partial charge in [-0.05, 0) is 26.2 Å². The third-order valence-electron chi connectivity index (χ3n) is 3.86. The van der Waals surface area contributed by atoms with Gasteiger partial charge in [-0.1, -0.05) is 32.6 Å². The van der Waals surface area contributed by atoms with Gasteiger partial charge in [-0.25, -0.2) is 0 Å². The topological polar surface area (TPSA) is 78.4 Å². The highest BCUT2D eigenvalue weighted by atomic mass is 16.3. The molecule has 0 aliphatic heterocycles. The van der Waals surface area contributed by atoms with E-state index in [0.29, 0.717) is 6.42 Å². The lowest BCUT2D eigenvalue weighted by Gasteiger charge is -2.23. The van der Waals surface area contributed by atoms with E-state index in [9.17, 15) is 14.7 Å². The highest BCUT2D eigenvalue weighted by Crippen LogP contribution is 2.23. The lowest BCUT2D eigenvalue weighted by atomic mass is 9.88. The van der Waals surface area contributed by atoms with Crippen LogP contribution in [-0.4, -0.2) is 35.6 Å². The Kier molecular flexibility index (Phi) is 7.59. The smallest absolute Gasteiger partial charge is 0.242 e. The summed E-state index contributed by atoms with van der Waals surface area (Å²) < 4.78 is 0. The third kappa shape index (κ3) is 5.90. The van der Waals surface area contributed by atoms with Crippen molar-refractivity contribution in [2.24, 2.45) is 5.92 Å². The van der Waals surface area contributed by atoms with E-state index >= 15 is 0 Å². The van der Waals surface area contributed by atoms with Crippen molar-refractivity contribution in [1.29, 1.82) is 0 Å². The molecule has 1 rings (SSSR count). The van der Waals surface area contributed by atoms with Crippen molar-refractivity contribution in [3.8, 4) is 0 Å². The molecule has 0 radical (unpaired) electrons. The molecule has 116 valence electrons. The lowest BCUT2D eigenvalue weighted by molar-refractivity contribution is -0.131. The highest BCUT2D eigenvalue weighted by Gasteiger charge is 2.24. The van der Waals surface area contributed by atoms with Gasteiger partial charge in [-0.15, -0.1) is 0 Å². The van der Waals surface area contributed by atoms with Gasteiger partial charge in [0.2, 0.25) is 11.8 Å². The van der Waals surface area contributed by atoms with Crippen LogP contribution in [0.25, 0.3) is 0 Å². The molecule has 20 heavy (non-hydrogen) atoms. The first-order chi connectivity index (χ1) is 9.54. The number of aliphatic hydroxyl groups is 1. The van der Waals surface area contributed by atoms with Gasteiger partial charge in [0, 0.05) is 12.5 Å². The summed E-state index contributed by atoms with van der Waals surface area (Å²) in [7, 11) is 0. The fourth-order valence-corrected chi connectivity index (χ4v) is 2.57. The summed E-state index contributed by atoms with van der Waals surface area (Å²) in [5.74, 6) is -0.185. The first-order valence-corrected chi connectivity index (χ1v) is 7.80. The van der Waals surface area contributed by atoms with Crippen LogP contribution in [0.2, 0.25) is 0 Å². The van der Waals surface area contributed by atoms with Crippen LogP contribution in [0.1, 0.15) is 58.8 Å². The molecule has 2 unspecified atom stereocenters. The molecule has 2 atom stereocenters. The van der Waals surface area contributed by atoms with Crippen LogP contribution in [-0.2, 0) is 9.59 Å². The molecule has 0 aromatic rings. The van der Waals surface area contributed by atoms with Crippen LogP contribution in [0, 0.1) is 5.92 Å². The van der Waals surface area contributed by atoms with E-state index in [1.165, 1.54) is 6.42 Å². The zero-order valence-corrected chi connectivity index (χ0v) is 12.7. The number of hydrogen-bond donors (Lipinski definition) is 3. The summed E-state index contributed by atoms with van der Waals surface area (Å²) >= 11 is 0. The average molecular weight is 284 g/mol. The second kappa shape index (κ2) is 8.95. The molecule has 0 aromatic carbocycles. The largest absolute Gasteiger partial charge is 0.391 e. The maximum Gasteiger partial charge on any atom is 0.242 e. The Morgan fingerprint density at radius 1 is 1.25 bits per heavy atom. The predicted molar refractivity (Wildman–Crippen MR) is 78.1 cm³/mol. The predicted octanol–water partition coefficient (Wildman–Crippen LogP) is 1.35. The van der Waals surface area contributed by atoms with E-state index in [1.807, 2.05) is 6.92 Å². The lowest BCUT2D eigenvalue weighted by Crippen LogP contribution is -2.48. The number of carbonyl (C=O) groups is 2. The second-order valence-electron chi connectivity index (χ2n) is 5.75. The van der Waals surface area contributed by atoms with Crippen LogP contribution in [0.15, 0.2) is 0 Å². The normalized spacial score (nSPS) is 19.1. The number of carbonyl (C=O) groups excluding carboxylic acids is 2. The first-order valence-electron chi connectivity index (χ1n) is 7.80. The summed E-state index contributed by atoms with van der Waals surface area (Å²) in [6.07, 6.45) is 6.29. The van der Waals surface area contributed by atoms with E-state index in [0.717, 1.165) is 32.1 Å². The molecular formula is C15H28N2O3. The SMILES string of the molecule is CCCC(O)CNC(=O)C(C)NC(=O)C1CCCCC1. The number of aliphatic hydroxyl groups excluding tert-OH is 1. The standard InChI is InChI=1S/C15H28N2O3/c1-3-7-13(18)10-16-14(19)11(2)17-15(20)12-8-5-4-6-9-12/h11-13,18H,3-10H2,1-2H3,(H,16,19)(H,17,20). The second-order valence-corrected chi connectivity index (χ2v) is 5.75. The van der Waals surface area contributed by atoms with Crippen LogP contribution in [0.5, 0.6) is 0 Å². The van der Waals surface area contributed by atoms with Crippen LogP contribution >= 0.6 is 0 Å². The van der Waals surface area contributed by atoms with Gasteiger partial charge in [0.05, 0.1) is 6.10 Å². The van der Waals surface area contributed by atoms with Gasteiger partial charge in [-0.2, -0.15) is 0 Å². The number of hydrogen-bond acceptors (Lipinski definition) is 3. The Balaban J connectivity index is 2.27. The van der Waals surface area contributed by atoms with Gasteiger partial charge < -0.3 is 15.7 Å². The Hall–Kier alpha value is -1.10. The molecule has 1 fully saturated rings. The molecule has 0 bridgehead atoms. The zero-order chi connectivity index (χ0) is 15.0. The van der Waals surface area contributed by atoms with Crippen molar-refractivity contribution in [3.05, 3.63) is 0 Å². The van der Waals surface area contributed by atoms with Gasteiger partial charge >= 0.3 is 0 Å². The maximum absolute atomic E-state index is 12.0. The molecule has 1 saturated carbocycles. The summed E-state index contributed by atoms with van der Waals surface area (Å²) in [5.41, 5.74) is 0. The molecule has 1 aliphatic rings. The van der Waals surface area contributed by atoms with Gasteiger partial charge in [0.25, 0.3) is 0 Å². The summed E-state index contributed by atoms with van der Waals surface area (Å²) in [4.78, 5) is 23.8. The van der Waals surface area contributed by atoms with Crippen molar-refractivity contribution < 1.29 is 14.7 Å². The van der Waals surface area contributed by atoms with E-state index in [4.69, 9.17) is 0 Å². The minimum Gasteiger partial charge on any atom is -0.391 e. The number of amides is 2. The third-order valence-corrected chi connectivity index (χ3v) is 3.86. The van der Waals surface area contributed by atoms with E-state index in [1.54, 1.807) is 6.92 Å². The number of nitrogens with one attached hydrogen (secondary N) is 2. The Labute approximate surface area is 121 Å². The van der Waals surface area contributed by atoms with E-state index < -0.39 is 12.1 Å². The molecule has 0 heterocycles. The molecule has 0 saturated heterocycles.